The molecule has 0 radical (unpaired) electrons. The van der Waals surface area contributed by atoms with Crippen LogP contribution in [0.25, 0.3) is 0 Å². The first-order valence-electron chi connectivity index (χ1n) is 4.80. The summed E-state index contributed by atoms with van der Waals surface area (Å²) in [4.78, 5) is 11.0. The van der Waals surface area contributed by atoms with Crippen molar-refractivity contribution in [1.29, 1.82) is 0 Å². The summed E-state index contributed by atoms with van der Waals surface area (Å²) in [7, 11) is 0. The number of rotatable bonds is 1. The van der Waals surface area contributed by atoms with Crippen molar-refractivity contribution in [1.82, 2.24) is 0 Å². The third-order valence-electron chi connectivity index (χ3n) is 2.46. The Kier molecular flexibility index (Phi) is 3.39. The summed E-state index contributed by atoms with van der Waals surface area (Å²) in [5, 5.41) is 0. The van der Waals surface area contributed by atoms with Crippen molar-refractivity contribution in [3.8, 4) is 0 Å². The zero-order chi connectivity index (χ0) is 9.10. The molecule has 0 aromatic heterocycles. The Bertz CT molecular complexity index is 219. The molecule has 0 aromatic rings. The number of ketones is 1. The molecule has 0 spiro atoms. The fourth-order valence-corrected chi connectivity index (χ4v) is 4.88. The molecule has 0 bridgehead atoms. The van der Waals surface area contributed by atoms with Crippen molar-refractivity contribution >= 4 is 29.3 Å². The van der Waals surface area contributed by atoms with Crippen LogP contribution in [0.1, 0.15) is 19.3 Å². The van der Waals surface area contributed by atoms with Crippen LogP contribution in [0.2, 0.25) is 0 Å². The van der Waals surface area contributed by atoms with Crippen LogP contribution in [0, 0.1) is 5.92 Å². The molecule has 13 heavy (non-hydrogen) atoms. The Balaban J connectivity index is 1.92. The van der Waals surface area contributed by atoms with Crippen LogP contribution in [-0.2, 0) is 4.79 Å². The van der Waals surface area contributed by atoms with Gasteiger partial charge in [0.25, 0.3) is 0 Å². The zero-order valence-electron chi connectivity index (χ0n) is 7.57. The highest BCUT2D eigenvalue weighted by molar-refractivity contribution is 8.17. The van der Waals surface area contributed by atoms with Crippen LogP contribution in [0.4, 0.5) is 0 Å². The van der Waals surface area contributed by atoms with Crippen LogP contribution in [-0.4, -0.2) is 21.9 Å². The lowest BCUT2D eigenvalue weighted by Crippen LogP contribution is -2.20. The minimum atomic E-state index is 0.307. The fourth-order valence-electron chi connectivity index (χ4n) is 1.70. The Morgan fingerprint density at radius 2 is 2.08 bits per heavy atom. The minimum Gasteiger partial charge on any atom is -0.295 e. The highest BCUT2D eigenvalue weighted by Crippen LogP contribution is 2.39. The highest BCUT2D eigenvalue weighted by Gasteiger charge is 2.25. The molecule has 3 heteroatoms. The Labute approximate surface area is 87.7 Å². The quantitative estimate of drug-likeness (QED) is 0.668. The normalized spacial score (nSPS) is 30.8. The molecule has 0 N–H and O–H groups in total. The van der Waals surface area contributed by atoms with Gasteiger partial charge < -0.3 is 0 Å². The SMILES string of the molecule is O=C1C=CC(C2SCCCS2)CC1. The van der Waals surface area contributed by atoms with E-state index in [0.717, 1.165) is 17.4 Å². The molecule has 2 aliphatic rings. The molecule has 1 nitrogen and oxygen atoms in total. The van der Waals surface area contributed by atoms with Gasteiger partial charge in [0.1, 0.15) is 0 Å². The van der Waals surface area contributed by atoms with E-state index in [1.165, 1.54) is 17.9 Å². The lowest BCUT2D eigenvalue weighted by molar-refractivity contribution is -0.115. The molecule has 1 aliphatic carbocycles. The molecule has 0 saturated carbocycles. The maximum Gasteiger partial charge on any atom is 0.155 e. The van der Waals surface area contributed by atoms with Gasteiger partial charge in [-0.15, -0.1) is 23.5 Å². The average molecular weight is 214 g/mol. The van der Waals surface area contributed by atoms with E-state index in [2.05, 4.69) is 29.6 Å². The Hall–Kier alpha value is 0.110. The molecular formula is C10H14OS2. The molecule has 1 heterocycles. The first-order chi connectivity index (χ1) is 6.36. The molecule has 72 valence electrons. The molecule has 1 saturated heterocycles. The fraction of sp³-hybridized carbons (Fsp3) is 0.700. The van der Waals surface area contributed by atoms with Crippen molar-refractivity contribution in [3.63, 3.8) is 0 Å². The zero-order valence-corrected chi connectivity index (χ0v) is 9.20. The highest BCUT2D eigenvalue weighted by atomic mass is 32.2. The van der Waals surface area contributed by atoms with Gasteiger partial charge in [-0.2, -0.15) is 0 Å². The van der Waals surface area contributed by atoms with Gasteiger partial charge in [-0.25, -0.2) is 0 Å². The number of allylic oxidation sites excluding steroid dienone is 2. The van der Waals surface area contributed by atoms with Gasteiger partial charge in [0, 0.05) is 6.42 Å². The largest absolute Gasteiger partial charge is 0.295 e. The summed E-state index contributed by atoms with van der Waals surface area (Å²) < 4.78 is 0.720. The predicted octanol–water partition coefficient (Wildman–Crippen LogP) is 2.72. The van der Waals surface area contributed by atoms with E-state index in [4.69, 9.17) is 0 Å². The third-order valence-corrected chi connectivity index (χ3v) is 5.68. The number of carbonyl (C=O) groups is 1. The van der Waals surface area contributed by atoms with Crippen LogP contribution in [0.15, 0.2) is 12.2 Å². The third kappa shape index (κ3) is 2.53. The molecular weight excluding hydrogens is 200 g/mol. The van der Waals surface area contributed by atoms with Gasteiger partial charge in [0.05, 0.1) is 4.58 Å². The maximum absolute atomic E-state index is 11.0. The van der Waals surface area contributed by atoms with E-state index in [1.807, 2.05) is 0 Å². The van der Waals surface area contributed by atoms with Crippen molar-refractivity contribution < 1.29 is 4.79 Å². The number of thioether (sulfide) groups is 2. The summed E-state index contributed by atoms with van der Waals surface area (Å²) in [6, 6.07) is 0. The maximum atomic E-state index is 11.0. The van der Waals surface area contributed by atoms with Gasteiger partial charge in [-0.3, -0.25) is 4.79 Å². The van der Waals surface area contributed by atoms with Crippen molar-refractivity contribution in [2.45, 2.75) is 23.8 Å². The number of carbonyl (C=O) groups excluding carboxylic acids is 1. The first kappa shape index (κ1) is 9.66. The second-order valence-electron chi connectivity index (χ2n) is 3.49. The van der Waals surface area contributed by atoms with Crippen molar-refractivity contribution in [2.24, 2.45) is 5.92 Å². The molecule has 1 aliphatic heterocycles. The van der Waals surface area contributed by atoms with Crippen LogP contribution < -0.4 is 0 Å². The molecule has 0 amide bonds. The summed E-state index contributed by atoms with van der Waals surface area (Å²) in [6.07, 6.45) is 7.09. The molecule has 0 aromatic carbocycles. The van der Waals surface area contributed by atoms with Gasteiger partial charge in [-0.05, 0) is 36.3 Å². The molecule has 1 fully saturated rings. The van der Waals surface area contributed by atoms with Crippen molar-refractivity contribution in [2.75, 3.05) is 11.5 Å². The average Bonchev–Trinajstić information content (AvgIpc) is 2.20. The molecule has 1 unspecified atom stereocenters. The Morgan fingerprint density at radius 3 is 2.69 bits per heavy atom. The van der Waals surface area contributed by atoms with Gasteiger partial charge >= 0.3 is 0 Å². The minimum absolute atomic E-state index is 0.307. The van der Waals surface area contributed by atoms with Gasteiger partial charge in [0.15, 0.2) is 5.78 Å². The monoisotopic (exact) mass is 214 g/mol. The van der Waals surface area contributed by atoms with Crippen LogP contribution >= 0.6 is 23.5 Å². The van der Waals surface area contributed by atoms with Crippen molar-refractivity contribution in [3.05, 3.63) is 12.2 Å². The smallest absolute Gasteiger partial charge is 0.155 e. The summed E-state index contributed by atoms with van der Waals surface area (Å²) in [6.45, 7) is 0. The van der Waals surface area contributed by atoms with E-state index in [-0.39, 0.29) is 0 Å². The molecule has 2 rings (SSSR count). The topological polar surface area (TPSA) is 17.1 Å². The van der Waals surface area contributed by atoms with Crippen LogP contribution in [0.3, 0.4) is 0 Å². The second-order valence-corrected chi connectivity index (χ2v) is 6.29. The lowest BCUT2D eigenvalue weighted by atomic mass is 9.97. The molecule has 1 atom stereocenters. The van der Waals surface area contributed by atoms with Gasteiger partial charge in [0.2, 0.25) is 0 Å². The van der Waals surface area contributed by atoms with E-state index >= 15 is 0 Å². The lowest BCUT2D eigenvalue weighted by Gasteiger charge is -2.28. The summed E-state index contributed by atoms with van der Waals surface area (Å²) in [5.41, 5.74) is 0. The first-order valence-corrected chi connectivity index (χ1v) is 6.90. The standard InChI is InChI=1S/C10H14OS2/c11-9-4-2-8(3-5-9)10-12-6-1-7-13-10/h2,4,8,10H,1,3,5-7H2. The summed E-state index contributed by atoms with van der Waals surface area (Å²) >= 11 is 4.14. The van der Waals surface area contributed by atoms with E-state index in [9.17, 15) is 4.79 Å². The number of hydrogen-bond acceptors (Lipinski definition) is 3. The van der Waals surface area contributed by atoms with E-state index < -0.39 is 0 Å². The van der Waals surface area contributed by atoms with E-state index in [0.29, 0.717) is 11.7 Å². The second kappa shape index (κ2) is 4.56. The van der Waals surface area contributed by atoms with E-state index in [1.54, 1.807) is 6.08 Å². The number of hydrogen-bond donors (Lipinski definition) is 0. The predicted molar refractivity (Wildman–Crippen MR) is 60.2 cm³/mol. The Morgan fingerprint density at radius 1 is 1.31 bits per heavy atom. The van der Waals surface area contributed by atoms with Crippen LogP contribution in [0.5, 0.6) is 0 Å². The van der Waals surface area contributed by atoms with Gasteiger partial charge in [-0.1, -0.05) is 6.08 Å². The summed E-state index contributed by atoms with van der Waals surface area (Å²) in [5.74, 6) is 3.56.